The molecule has 0 nitrogen and oxygen atoms in total. The predicted octanol–water partition coefficient (Wildman–Crippen LogP) is 6.04. The van der Waals surface area contributed by atoms with Crippen LogP contribution < -0.4 is 0 Å². The third-order valence-corrected chi connectivity index (χ3v) is 4.56. The van der Waals surface area contributed by atoms with Crippen molar-refractivity contribution >= 4 is 48.2 Å². The molecular weight excluding hydrogens is 308 g/mol. The standard InChI is InChI=1S/C19H13Br/c20-12-16-10-15-9-13-5-1-2-6-14(13)11-19(15)18-8-4-3-7-17(16)18/h1-11H,12H2. The minimum Gasteiger partial charge on any atom is -0.0876 e. The van der Waals surface area contributed by atoms with Crippen LogP contribution in [0.25, 0.3) is 32.3 Å². The van der Waals surface area contributed by atoms with Crippen molar-refractivity contribution in [3.05, 3.63) is 72.3 Å². The number of hydrogen-bond acceptors (Lipinski definition) is 0. The van der Waals surface area contributed by atoms with Crippen LogP contribution in [-0.2, 0) is 5.33 Å². The van der Waals surface area contributed by atoms with E-state index in [2.05, 4.69) is 82.7 Å². The van der Waals surface area contributed by atoms with Crippen molar-refractivity contribution in [2.45, 2.75) is 5.33 Å². The van der Waals surface area contributed by atoms with E-state index in [0.717, 1.165) is 5.33 Å². The van der Waals surface area contributed by atoms with Crippen molar-refractivity contribution < 1.29 is 0 Å². The normalized spacial score (nSPS) is 11.4. The van der Waals surface area contributed by atoms with Crippen LogP contribution in [0.15, 0.2) is 66.7 Å². The first kappa shape index (κ1) is 11.9. The highest BCUT2D eigenvalue weighted by atomic mass is 79.9. The van der Waals surface area contributed by atoms with Crippen LogP contribution >= 0.6 is 15.9 Å². The van der Waals surface area contributed by atoms with Crippen molar-refractivity contribution in [2.75, 3.05) is 0 Å². The van der Waals surface area contributed by atoms with E-state index in [4.69, 9.17) is 0 Å². The molecule has 0 fully saturated rings. The van der Waals surface area contributed by atoms with Gasteiger partial charge in [0, 0.05) is 5.33 Å². The molecule has 96 valence electrons. The third kappa shape index (κ3) is 1.74. The van der Waals surface area contributed by atoms with Crippen molar-refractivity contribution in [1.82, 2.24) is 0 Å². The molecule has 0 saturated carbocycles. The highest BCUT2D eigenvalue weighted by Crippen LogP contribution is 2.32. The molecule has 1 heteroatoms. The monoisotopic (exact) mass is 320 g/mol. The van der Waals surface area contributed by atoms with Crippen molar-refractivity contribution in [1.29, 1.82) is 0 Å². The molecule has 0 unspecified atom stereocenters. The van der Waals surface area contributed by atoms with E-state index in [0.29, 0.717) is 0 Å². The first-order valence-electron chi connectivity index (χ1n) is 6.76. The maximum Gasteiger partial charge on any atom is 0.0289 e. The smallest absolute Gasteiger partial charge is 0.0289 e. The average molecular weight is 321 g/mol. The van der Waals surface area contributed by atoms with Gasteiger partial charge in [-0.2, -0.15) is 0 Å². The fraction of sp³-hybridized carbons (Fsp3) is 0.0526. The van der Waals surface area contributed by atoms with Gasteiger partial charge in [0.05, 0.1) is 0 Å². The Labute approximate surface area is 126 Å². The molecule has 0 heterocycles. The molecule has 4 rings (SSSR count). The summed E-state index contributed by atoms with van der Waals surface area (Å²) in [6, 6.07) is 24.1. The highest BCUT2D eigenvalue weighted by molar-refractivity contribution is 9.08. The summed E-state index contributed by atoms with van der Waals surface area (Å²) < 4.78 is 0. The molecule has 0 N–H and O–H groups in total. The molecule has 0 radical (unpaired) electrons. The van der Waals surface area contributed by atoms with E-state index in [-0.39, 0.29) is 0 Å². The van der Waals surface area contributed by atoms with Crippen molar-refractivity contribution in [3.8, 4) is 0 Å². The molecule has 4 aromatic carbocycles. The zero-order valence-corrected chi connectivity index (χ0v) is 12.5. The molecule has 0 atom stereocenters. The van der Waals surface area contributed by atoms with E-state index in [1.165, 1.54) is 37.9 Å². The molecule has 4 aromatic rings. The fourth-order valence-corrected chi connectivity index (χ4v) is 3.45. The summed E-state index contributed by atoms with van der Waals surface area (Å²) >= 11 is 3.61. The van der Waals surface area contributed by atoms with Gasteiger partial charge in [0.15, 0.2) is 0 Å². The average Bonchev–Trinajstić information content (AvgIpc) is 2.52. The Morgan fingerprint density at radius 3 is 2.00 bits per heavy atom. The van der Waals surface area contributed by atoms with Gasteiger partial charge in [-0.3, -0.25) is 0 Å². The zero-order chi connectivity index (χ0) is 13.5. The van der Waals surface area contributed by atoms with E-state index in [1.807, 2.05) is 0 Å². The molecule has 0 saturated heterocycles. The van der Waals surface area contributed by atoms with E-state index in [1.54, 1.807) is 0 Å². The Bertz CT molecular complexity index is 938. The summed E-state index contributed by atoms with van der Waals surface area (Å²) in [5, 5.41) is 8.82. The van der Waals surface area contributed by atoms with Crippen molar-refractivity contribution in [2.24, 2.45) is 0 Å². The van der Waals surface area contributed by atoms with Crippen LogP contribution in [0.4, 0.5) is 0 Å². The van der Waals surface area contributed by atoms with Gasteiger partial charge in [0.1, 0.15) is 0 Å². The molecule has 0 bridgehead atoms. The Kier molecular flexibility index (Phi) is 2.75. The summed E-state index contributed by atoms with van der Waals surface area (Å²) in [6.07, 6.45) is 0. The highest BCUT2D eigenvalue weighted by Gasteiger charge is 2.06. The van der Waals surface area contributed by atoms with Gasteiger partial charge >= 0.3 is 0 Å². The van der Waals surface area contributed by atoms with Gasteiger partial charge in [-0.1, -0.05) is 64.5 Å². The number of halogens is 1. The summed E-state index contributed by atoms with van der Waals surface area (Å²) in [6.45, 7) is 0. The van der Waals surface area contributed by atoms with Crippen LogP contribution in [0.2, 0.25) is 0 Å². The maximum atomic E-state index is 3.61. The van der Waals surface area contributed by atoms with Gasteiger partial charge in [0.25, 0.3) is 0 Å². The summed E-state index contributed by atoms with van der Waals surface area (Å²) in [7, 11) is 0. The van der Waals surface area contributed by atoms with E-state index in [9.17, 15) is 0 Å². The van der Waals surface area contributed by atoms with Crippen LogP contribution in [-0.4, -0.2) is 0 Å². The zero-order valence-electron chi connectivity index (χ0n) is 10.9. The number of rotatable bonds is 1. The molecule has 0 aliphatic rings. The van der Waals surface area contributed by atoms with E-state index < -0.39 is 0 Å². The van der Waals surface area contributed by atoms with Gasteiger partial charge in [-0.15, -0.1) is 0 Å². The number of benzene rings is 4. The molecule has 20 heavy (non-hydrogen) atoms. The minimum absolute atomic E-state index is 0.885. The summed E-state index contributed by atoms with van der Waals surface area (Å²) in [4.78, 5) is 0. The second-order valence-corrected chi connectivity index (χ2v) is 5.70. The Morgan fingerprint density at radius 1 is 0.600 bits per heavy atom. The lowest BCUT2D eigenvalue weighted by atomic mass is 9.95. The Hall–Kier alpha value is -1.86. The first-order chi connectivity index (χ1) is 9.86. The molecule has 0 aliphatic heterocycles. The van der Waals surface area contributed by atoms with Crippen LogP contribution in [0.1, 0.15) is 5.56 Å². The van der Waals surface area contributed by atoms with Crippen molar-refractivity contribution in [3.63, 3.8) is 0 Å². The number of hydrogen-bond donors (Lipinski definition) is 0. The lowest BCUT2D eigenvalue weighted by Crippen LogP contribution is -1.85. The van der Waals surface area contributed by atoms with E-state index >= 15 is 0 Å². The molecule has 0 aromatic heterocycles. The predicted molar refractivity (Wildman–Crippen MR) is 91.6 cm³/mol. The quantitative estimate of drug-likeness (QED) is 0.228. The molecular formula is C19H13Br. The number of alkyl halides is 1. The topological polar surface area (TPSA) is 0 Å². The summed E-state index contributed by atoms with van der Waals surface area (Å²) in [5.41, 5.74) is 1.35. The summed E-state index contributed by atoms with van der Waals surface area (Å²) in [5.74, 6) is 0. The second kappa shape index (κ2) is 4.60. The third-order valence-electron chi connectivity index (χ3n) is 3.95. The Balaban J connectivity index is 2.25. The first-order valence-corrected chi connectivity index (χ1v) is 7.88. The second-order valence-electron chi connectivity index (χ2n) is 5.14. The van der Waals surface area contributed by atoms with Gasteiger partial charge in [0.2, 0.25) is 0 Å². The maximum absolute atomic E-state index is 3.61. The van der Waals surface area contributed by atoms with Gasteiger partial charge < -0.3 is 0 Å². The largest absolute Gasteiger partial charge is 0.0876 e. The lowest BCUT2D eigenvalue weighted by Gasteiger charge is -2.10. The molecule has 0 spiro atoms. The molecule has 0 amide bonds. The Morgan fingerprint density at radius 2 is 1.25 bits per heavy atom. The molecule has 0 aliphatic carbocycles. The minimum atomic E-state index is 0.885. The van der Waals surface area contributed by atoms with Crippen LogP contribution in [0, 0.1) is 0 Å². The van der Waals surface area contributed by atoms with Gasteiger partial charge in [-0.25, -0.2) is 0 Å². The van der Waals surface area contributed by atoms with Crippen LogP contribution in [0.5, 0.6) is 0 Å². The lowest BCUT2D eigenvalue weighted by molar-refractivity contribution is 1.51. The SMILES string of the molecule is BrCc1cc2cc3ccccc3cc2c2ccccc12. The van der Waals surface area contributed by atoms with Crippen LogP contribution in [0.3, 0.4) is 0 Å². The van der Waals surface area contributed by atoms with Gasteiger partial charge in [-0.05, 0) is 56.1 Å². The number of fused-ring (bicyclic) bond motifs is 4. The fourth-order valence-electron chi connectivity index (χ4n) is 2.98.